The fourth-order valence-corrected chi connectivity index (χ4v) is 5.85. The van der Waals surface area contributed by atoms with Gasteiger partial charge in [-0.25, -0.2) is 0 Å². The van der Waals surface area contributed by atoms with E-state index in [2.05, 4.69) is 53.0 Å². The highest BCUT2D eigenvalue weighted by Crippen LogP contribution is 2.53. The molecule has 0 heterocycles. The molecule has 0 saturated heterocycles. The van der Waals surface area contributed by atoms with Crippen molar-refractivity contribution in [1.29, 1.82) is 0 Å². The van der Waals surface area contributed by atoms with Crippen LogP contribution in [0.4, 0.5) is 0 Å². The van der Waals surface area contributed by atoms with E-state index in [1.807, 2.05) is 36.4 Å². The van der Waals surface area contributed by atoms with E-state index in [0.717, 1.165) is 35.1 Å². The molecule has 1 aliphatic carbocycles. The number of allylic oxidation sites excluding steroid dienone is 2. The maximum absolute atomic E-state index is 10.7. The van der Waals surface area contributed by atoms with Gasteiger partial charge < -0.3 is 10.2 Å². The molecule has 31 heavy (non-hydrogen) atoms. The number of hydrogen-bond acceptors (Lipinski definition) is 2. The van der Waals surface area contributed by atoms with Crippen molar-refractivity contribution in [1.82, 2.24) is 0 Å². The Balaban J connectivity index is 2.16. The van der Waals surface area contributed by atoms with Gasteiger partial charge in [-0.15, -0.1) is 13.2 Å². The van der Waals surface area contributed by atoms with E-state index in [1.54, 1.807) is 0 Å². The number of hydrogen-bond donors (Lipinski definition) is 2. The lowest BCUT2D eigenvalue weighted by Gasteiger charge is -2.48. The van der Waals surface area contributed by atoms with Gasteiger partial charge in [0.05, 0.1) is 0 Å². The first-order valence-corrected chi connectivity index (χ1v) is 11.5. The van der Waals surface area contributed by atoms with Gasteiger partial charge in [0.15, 0.2) is 0 Å². The molecule has 0 aromatic heterocycles. The van der Waals surface area contributed by atoms with Crippen LogP contribution < -0.4 is 0 Å². The predicted octanol–water partition coefficient (Wildman–Crippen LogP) is 7.32. The zero-order valence-electron chi connectivity index (χ0n) is 19.6. The molecular weight excluding hydrogens is 380 g/mol. The van der Waals surface area contributed by atoms with Crippen molar-refractivity contribution in [3.63, 3.8) is 0 Å². The monoisotopic (exact) mass is 418 g/mol. The van der Waals surface area contributed by atoms with Crippen molar-refractivity contribution < 1.29 is 10.2 Å². The molecule has 0 spiro atoms. The molecule has 2 nitrogen and oxygen atoms in total. The van der Waals surface area contributed by atoms with Crippen LogP contribution in [-0.4, -0.2) is 10.2 Å². The van der Waals surface area contributed by atoms with Crippen molar-refractivity contribution in [2.75, 3.05) is 0 Å². The predicted molar refractivity (Wildman–Crippen MR) is 131 cm³/mol. The van der Waals surface area contributed by atoms with Crippen molar-refractivity contribution in [3.8, 4) is 11.5 Å². The van der Waals surface area contributed by atoms with Crippen LogP contribution in [0.5, 0.6) is 11.5 Å². The maximum Gasteiger partial charge on any atom is 0.119 e. The third-order valence-electron chi connectivity index (χ3n) is 7.30. The minimum Gasteiger partial charge on any atom is -0.508 e. The molecule has 1 aliphatic rings. The molecule has 1 saturated carbocycles. The number of benzene rings is 2. The fourth-order valence-electron chi connectivity index (χ4n) is 5.85. The lowest BCUT2D eigenvalue weighted by molar-refractivity contribution is 0.0962. The highest BCUT2D eigenvalue weighted by molar-refractivity contribution is 5.49. The third-order valence-corrected chi connectivity index (χ3v) is 7.30. The second-order valence-electron chi connectivity index (χ2n) is 10.5. The van der Waals surface area contributed by atoms with Crippen LogP contribution in [-0.2, 0) is 18.3 Å². The Bertz CT molecular complexity index is 894. The van der Waals surface area contributed by atoms with Crippen LogP contribution >= 0.6 is 0 Å². The average Bonchev–Trinajstić information content (AvgIpc) is 2.69. The normalized spacial score (nSPS) is 20.9. The summed E-state index contributed by atoms with van der Waals surface area (Å²) in [7, 11) is 0. The van der Waals surface area contributed by atoms with E-state index < -0.39 is 0 Å². The first kappa shape index (κ1) is 23.2. The molecule has 2 aromatic rings. The largest absolute Gasteiger partial charge is 0.508 e. The quantitative estimate of drug-likeness (QED) is 0.462. The Morgan fingerprint density at radius 3 is 1.81 bits per heavy atom. The van der Waals surface area contributed by atoms with Gasteiger partial charge in [0, 0.05) is 5.41 Å². The molecule has 2 atom stereocenters. The Labute approximate surface area is 188 Å². The van der Waals surface area contributed by atoms with Gasteiger partial charge in [0.2, 0.25) is 0 Å². The Morgan fingerprint density at radius 1 is 0.935 bits per heavy atom. The topological polar surface area (TPSA) is 40.5 Å². The average molecular weight is 419 g/mol. The number of phenolic OH excluding ortho intramolecular Hbond substituents is 2. The first-order chi connectivity index (χ1) is 14.6. The minimum absolute atomic E-state index is 0.263. The van der Waals surface area contributed by atoms with E-state index in [4.69, 9.17) is 0 Å². The standard InChI is InChI=1S/C29H38O2/c1-7-9-21-11-13-23(16-26(21)30)29(6,25-15-20(3)18-28(4,5)19-25)24-14-12-22(10-8-2)27(31)17-24/h7-8,11-14,16-17,20,25,30-31H,1-2,9-10,15,18-19H2,3-6H3. The summed E-state index contributed by atoms with van der Waals surface area (Å²) in [6.45, 7) is 17.0. The maximum atomic E-state index is 10.7. The SMILES string of the molecule is C=CCc1ccc(C(C)(c2ccc(CC=C)c(O)c2)C2CC(C)CC(C)(C)C2)cc1O. The Hall–Kier alpha value is -2.48. The molecule has 0 amide bonds. The van der Waals surface area contributed by atoms with Crippen molar-refractivity contribution in [2.45, 2.75) is 65.2 Å². The minimum atomic E-state index is -0.319. The molecule has 0 radical (unpaired) electrons. The van der Waals surface area contributed by atoms with Gasteiger partial charge >= 0.3 is 0 Å². The lowest BCUT2D eigenvalue weighted by atomic mass is 9.56. The van der Waals surface area contributed by atoms with E-state index in [-0.39, 0.29) is 10.8 Å². The first-order valence-electron chi connectivity index (χ1n) is 11.5. The molecule has 0 bridgehead atoms. The van der Waals surface area contributed by atoms with Crippen LogP contribution in [0.25, 0.3) is 0 Å². The molecule has 0 aliphatic heterocycles. The van der Waals surface area contributed by atoms with E-state index >= 15 is 0 Å². The number of rotatable bonds is 7. The highest BCUT2D eigenvalue weighted by Gasteiger charge is 2.44. The summed E-state index contributed by atoms with van der Waals surface area (Å²) in [4.78, 5) is 0. The van der Waals surface area contributed by atoms with Crippen LogP contribution in [0.2, 0.25) is 0 Å². The molecule has 2 N–H and O–H groups in total. The molecule has 2 aromatic carbocycles. The summed E-state index contributed by atoms with van der Waals surface area (Å²) in [5.41, 5.74) is 3.93. The molecule has 3 rings (SSSR count). The van der Waals surface area contributed by atoms with E-state index in [1.165, 1.54) is 6.42 Å². The van der Waals surface area contributed by atoms with Crippen molar-refractivity contribution in [2.24, 2.45) is 17.3 Å². The Morgan fingerprint density at radius 2 is 1.42 bits per heavy atom. The summed E-state index contributed by atoms with van der Waals surface area (Å²) in [6, 6.07) is 12.2. The summed E-state index contributed by atoms with van der Waals surface area (Å²) in [5, 5.41) is 21.5. The zero-order chi connectivity index (χ0) is 22.8. The van der Waals surface area contributed by atoms with E-state index in [9.17, 15) is 10.2 Å². The van der Waals surface area contributed by atoms with Gasteiger partial charge in [0.25, 0.3) is 0 Å². The van der Waals surface area contributed by atoms with Crippen LogP contribution in [0.1, 0.15) is 69.2 Å². The third kappa shape index (κ3) is 4.74. The summed E-state index contributed by atoms with van der Waals surface area (Å²) in [6.07, 6.45) is 8.39. The van der Waals surface area contributed by atoms with Crippen molar-refractivity contribution in [3.05, 3.63) is 84.0 Å². The van der Waals surface area contributed by atoms with Crippen LogP contribution in [0.3, 0.4) is 0 Å². The molecule has 1 fully saturated rings. The summed E-state index contributed by atoms with van der Waals surface area (Å²) >= 11 is 0. The second kappa shape index (κ2) is 8.94. The van der Waals surface area contributed by atoms with Gasteiger partial charge in [-0.1, -0.05) is 64.1 Å². The lowest BCUT2D eigenvalue weighted by Crippen LogP contribution is -2.41. The molecule has 166 valence electrons. The smallest absolute Gasteiger partial charge is 0.119 e. The molecule has 2 unspecified atom stereocenters. The summed E-state index contributed by atoms with van der Waals surface area (Å²) in [5.74, 6) is 1.68. The number of aromatic hydroxyl groups is 2. The van der Waals surface area contributed by atoms with E-state index in [0.29, 0.717) is 36.2 Å². The van der Waals surface area contributed by atoms with Crippen LogP contribution in [0, 0.1) is 17.3 Å². The van der Waals surface area contributed by atoms with Gasteiger partial charge in [0.1, 0.15) is 11.5 Å². The molecular formula is C29H38O2. The molecule has 2 heteroatoms. The van der Waals surface area contributed by atoms with Crippen molar-refractivity contribution >= 4 is 0 Å². The second-order valence-corrected chi connectivity index (χ2v) is 10.5. The van der Waals surface area contributed by atoms with Gasteiger partial charge in [-0.2, -0.15) is 0 Å². The van der Waals surface area contributed by atoms with Gasteiger partial charge in [-0.3, -0.25) is 0 Å². The van der Waals surface area contributed by atoms with Gasteiger partial charge in [-0.05, 0) is 83.7 Å². The van der Waals surface area contributed by atoms with Crippen LogP contribution in [0.15, 0.2) is 61.7 Å². The Kier molecular flexibility index (Phi) is 6.69. The fraction of sp³-hybridized carbons (Fsp3) is 0.448. The number of phenols is 2. The zero-order valence-corrected chi connectivity index (χ0v) is 19.6. The highest BCUT2D eigenvalue weighted by atomic mass is 16.3. The summed E-state index contributed by atoms with van der Waals surface area (Å²) < 4.78 is 0.